The van der Waals surface area contributed by atoms with Crippen molar-refractivity contribution in [3.05, 3.63) is 24.3 Å². The molecule has 1 heterocycles. The van der Waals surface area contributed by atoms with Crippen molar-refractivity contribution < 1.29 is 22.7 Å². The van der Waals surface area contributed by atoms with Crippen LogP contribution in [0.3, 0.4) is 0 Å². The highest BCUT2D eigenvalue weighted by Gasteiger charge is 2.31. The largest absolute Gasteiger partial charge is 0.443 e. The fourth-order valence-electron chi connectivity index (χ4n) is 2.62. The van der Waals surface area contributed by atoms with Gasteiger partial charge in [-0.1, -0.05) is 0 Å². The molecular formula is C17H26N2O5S. The molecule has 0 unspecified atom stereocenters. The van der Waals surface area contributed by atoms with Crippen molar-refractivity contribution in [2.24, 2.45) is 0 Å². The van der Waals surface area contributed by atoms with Crippen molar-refractivity contribution in [3.8, 4) is 0 Å². The molecule has 25 heavy (non-hydrogen) atoms. The van der Waals surface area contributed by atoms with E-state index >= 15 is 0 Å². The molecule has 1 amide bonds. The quantitative estimate of drug-likeness (QED) is 0.881. The molecule has 140 valence electrons. The van der Waals surface area contributed by atoms with Crippen LogP contribution in [0.25, 0.3) is 0 Å². The highest BCUT2D eigenvalue weighted by atomic mass is 32.2. The first kappa shape index (κ1) is 19.5. The average molecular weight is 370 g/mol. The molecule has 1 aliphatic rings. The lowest BCUT2D eigenvalue weighted by Crippen LogP contribution is -2.46. The van der Waals surface area contributed by atoms with E-state index in [4.69, 9.17) is 9.47 Å². The molecule has 0 aliphatic carbocycles. The van der Waals surface area contributed by atoms with Gasteiger partial charge in [-0.05, 0) is 57.9 Å². The van der Waals surface area contributed by atoms with Crippen molar-refractivity contribution in [2.45, 2.75) is 45.3 Å². The van der Waals surface area contributed by atoms with E-state index < -0.39 is 21.7 Å². The number of nitrogens with one attached hydrogen (secondary N) is 1. The summed E-state index contributed by atoms with van der Waals surface area (Å²) in [4.78, 5) is 14.4. The second-order valence-corrected chi connectivity index (χ2v) is 8.86. The maximum atomic E-state index is 12.7. The number of carbonyl (C=O) groups is 1. The second kappa shape index (κ2) is 7.61. The lowest BCUT2D eigenvalue weighted by molar-refractivity contribution is 0.0487. The molecule has 2 rings (SSSR count). The number of rotatable bonds is 4. The third-order valence-electron chi connectivity index (χ3n) is 3.59. The topological polar surface area (TPSA) is 84.9 Å². The zero-order chi connectivity index (χ0) is 18.7. The summed E-state index contributed by atoms with van der Waals surface area (Å²) < 4.78 is 36.0. The van der Waals surface area contributed by atoms with Gasteiger partial charge in [0, 0.05) is 30.6 Å². The van der Waals surface area contributed by atoms with Crippen molar-refractivity contribution in [3.63, 3.8) is 0 Å². The normalized spacial score (nSPS) is 16.3. The van der Waals surface area contributed by atoms with Crippen LogP contribution in [0.15, 0.2) is 24.3 Å². The number of carbonyl (C=O) groups excluding carboxylic acids is 1. The maximum Gasteiger partial charge on any atom is 0.415 e. The van der Waals surface area contributed by atoms with Gasteiger partial charge >= 0.3 is 6.09 Å². The number of hydrogen-bond acceptors (Lipinski definition) is 5. The highest BCUT2D eigenvalue weighted by Crippen LogP contribution is 2.27. The summed E-state index contributed by atoms with van der Waals surface area (Å²) in [6.45, 7) is 6.67. The molecule has 0 bridgehead atoms. The second-order valence-electron chi connectivity index (χ2n) is 7.11. The van der Waals surface area contributed by atoms with E-state index in [1.807, 2.05) is 20.8 Å². The third kappa shape index (κ3) is 6.21. The molecule has 1 aromatic rings. The summed E-state index contributed by atoms with van der Waals surface area (Å²) in [5.41, 5.74) is 0.515. The number of benzene rings is 1. The number of ether oxygens (including phenoxy) is 2. The molecular weight excluding hydrogens is 344 g/mol. The maximum absolute atomic E-state index is 12.7. The Morgan fingerprint density at radius 2 is 1.76 bits per heavy atom. The fourth-order valence-corrected chi connectivity index (χ4v) is 3.19. The molecule has 0 saturated carbocycles. The van der Waals surface area contributed by atoms with Crippen LogP contribution < -0.4 is 9.62 Å². The van der Waals surface area contributed by atoms with Crippen LogP contribution >= 0.6 is 0 Å². The van der Waals surface area contributed by atoms with Crippen molar-refractivity contribution >= 4 is 27.5 Å². The summed E-state index contributed by atoms with van der Waals surface area (Å²) in [5, 5.41) is 0. The van der Waals surface area contributed by atoms with Crippen LogP contribution in [-0.2, 0) is 19.5 Å². The lowest BCUT2D eigenvalue weighted by atomic mass is 10.1. The number of amides is 1. The van der Waals surface area contributed by atoms with Crippen molar-refractivity contribution in [1.29, 1.82) is 0 Å². The monoisotopic (exact) mass is 370 g/mol. The molecule has 1 aromatic carbocycles. The van der Waals surface area contributed by atoms with Gasteiger partial charge in [-0.15, -0.1) is 0 Å². The van der Waals surface area contributed by atoms with Crippen LogP contribution in [0.4, 0.5) is 16.2 Å². The first-order valence-corrected chi connectivity index (χ1v) is 10.1. The number of anilines is 2. The van der Waals surface area contributed by atoms with Crippen molar-refractivity contribution in [2.75, 3.05) is 29.1 Å². The van der Waals surface area contributed by atoms with Gasteiger partial charge in [-0.3, -0.25) is 9.62 Å². The van der Waals surface area contributed by atoms with Crippen LogP contribution in [0.1, 0.15) is 33.6 Å². The van der Waals surface area contributed by atoms with Crippen molar-refractivity contribution in [1.82, 2.24) is 0 Å². The van der Waals surface area contributed by atoms with Gasteiger partial charge in [0.25, 0.3) is 0 Å². The Hall–Kier alpha value is -1.80. The van der Waals surface area contributed by atoms with E-state index in [2.05, 4.69) is 4.72 Å². The predicted octanol–water partition coefficient (Wildman–Crippen LogP) is 2.98. The number of hydrogen-bond donors (Lipinski definition) is 1. The molecule has 0 spiro atoms. The number of nitrogens with zero attached hydrogens (tertiary/aromatic N) is 1. The molecule has 0 radical (unpaired) electrons. The van der Waals surface area contributed by atoms with Gasteiger partial charge in [-0.25, -0.2) is 13.2 Å². The van der Waals surface area contributed by atoms with E-state index in [0.29, 0.717) is 24.6 Å². The molecule has 8 heteroatoms. The van der Waals surface area contributed by atoms with Gasteiger partial charge in [-0.2, -0.15) is 0 Å². The third-order valence-corrected chi connectivity index (χ3v) is 4.20. The SMILES string of the molecule is CC(C)(C)OC(=O)N(c1ccc(NS(C)(=O)=O)cc1)C1CCOCC1. The molecule has 1 fully saturated rings. The summed E-state index contributed by atoms with van der Waals surface area (Å²) in [7, 11) is -3.34. The summed E-state index contributed by atoms with van der Waals surface area (Å²) in [6.07, 6.45) is 2.13. The van der Waals surface area contributed by atoms with Gasteiger partial charge in [0.05, 0.1) is 6.26 Å². The predicted molar refractivity (Wildman–Crippen MR) is 97.5 cm³/mol. The highest BCUT2D eigenvalue weighted by molar-refractivity contribution is 7.92. The summed E-state index contributed by atoms with van der Waals surface area (Å²) in [6, 6.07) is 6.68. The van der Waals surface area contributed by atoms with Crippen LogP contribution in [0, 0.1) is 0 Å². The molecule has 7 nitrogen and oxygen atoms in total. The van der Waals surface area contributed by atoms with E-state index in [-0.39, 0.29) is 6.04 Å². The van der Waals surface area contributed by atoms with Gasteiger partial charge in [0.15, 0.2) is 0 Å². The van der Waals surface area contributed by atoms with Crippen LogP contribution in [0.2, 0.25) is 0 Å². The molecule has 1 saturated heterocycles. The molecule has 1 aliphatic heterocycles. The van der Waals surface area contributed by atoms with Gasteiger partial charge < -0.3 is 9.47 Å². The standard InChI is InChI=1S/C17H26N2O5S/c1-17(2,3)24-16(20)19(15-9-11-23-12-10-15)14-7-5-13(6-8-14)18-25(4,21)22/h5-8,15,18H,9-12H2,1-4H3. The van der Waals surface area contributed by atoms with E-state index in [0.717, 1.165) is 19.1 Å². The molecule has 1 N–H and O–H groups in total. The van der Waals surface area contributed by atoms with E-state index in [1.54, 1.807) is 29.2 Å². The Morgan fingerprint density at radius 1 is 1.20 bits per heavy atom. The van der Waals surface area contributed by atoms with Gasteiger partial charge in [0.2, 0.25) is 10.0 Å². The zero-order valence-corrected chi connectivity index (χ0v) is 15.9. The summed E-state index contributed by atoms with van der Waals surface area (Å²) in [5.74, 6) is 0. The minimum Gasteiger partial charge on any atom is -0.443 e. The first-order chi connectivity index (χ1) is 11.6. The van der Waals surface area contributed by atoms with Crippen LogP contribution in [0.5, 0.6) is 0 Å². The van der Waals surface area contributed by atoms with Gasteiger partial charge in [0.1, 0.15) is 5.60 Å². The Morgan fingerprint density at radius 3 is 2.24 bits per heavy atom. The lowest BCUT2D eigenvalue weighted by Gasteiger charge is -2.35. The van der Waals surface area contributed by atoms with E-state index in [1.165, 1.54) is 0 Å². The minimum atomic E-state index is -3.34. The zero-order valence-electron chi connectivity index (χ0n) is 15.1. The minimum absolute atomic E-state index is 0.0164. The number of sulfonamides is 1. The van der Waals surface area contributed by atoms with E-state index in [9.17, 15) is 13.2 Å². The Bertz CT molecular complexity index is 689. The Kier molecular flexibility index (Phi) is 5.95. The Balaban J connectivity index is 2.26. The smallest absolute Gasteiger partial charge is 0.415 e. The summed E-state index contributed by atoms with van der Waals surface area (Å²) >= 11 is 0. The molecule has 0 aromatic heterocycles. The fraction of sp³-hybridized carbons (Fsp3) is 0.588. The Labute approximate surface area is 149 Å². The first-order valence-electron chi connectivity index (χ1n) is 8.23. The van der Waals surface area contributed by atoms with Crippen LogP contribution in [-0.4, -0.2) is 45.6 Å². The molecule has 0 atom stereocenters. The average Bonchev–Trinajstić information content (AvgIpc) is 2.47.